The molecule has 0 aliphatic heterocycles. The number of aryl methyl sites for hydroxylation is 1. The second kappa shape index (κ2) is 12.0. The Morgan fingerprint density at radius 3 is 2.41 bits per heavy atom. The van der Waals surface area contributed by atoms with E-state index in [1.54, 1.807) is 48.5 Å². The first-order valence-electron chi connectivity index (χ1n) is 13.8. The van der Waals surface area contributed by atoms with Crippen LogP contribution in [0.25, 0.3) is 22.1 Å². The van der Waals surface area contributed by atoms with Crippen molar-refractivity contribution < 1.29 is 22.7 Å². The number of benzene rings is 4. The molecule has 0 aliphatic rings. The summed E-state index contributed by atoms with van der Waals surface area (Å²) in [6.45, 7) is 0.384. The lowest BCUT2D eigenvalue weighted by molar-refractivity contribution is 0.0954. The number of hydrogen-bond acceptors (Lipinski definition) is 7. The van der Waals surface area contributed by atoms with Crippen molar-refractivity contribution in [2.75, 3.05) is 6.54 Å². The smallest absolute Gasteiger partial charge is 0.410 e. The average Bonchev–Trinajstić information content (AvgIpc) is 3.57. The molecular weight excluding hydrogens is 580 g/mol. The minimum Gasteiger partial charge on any atom is -0.410 e. The van der Waals surface area contributed by atoms with Gasteiger partial charge in [0.15, 0.2) is 0 Å². The summed E-state index contributed by atoms with van der Waals surface area (Å²) in [6, 6.07) is 27.4. The molecule has 3 N–H and O–H groups in total. The van der Waals surface area contributed by atoms with Gasteiger partial charge in [-0.1, -0.05) is 42.5 Å². The Morgan fingerprint density at radius 1 is 0.886 bits per heavy atom. The number of carbonyl (C=O) groups is 2. The molecule has 11 nitrogen and oxygen atoms in total. The van der Waals surface area contributed by atoms with Gasteiger partial charge in [-0.3, -0.25) is 4.79 Å². The predicted octanol–water partition coefficient (Wildman–Crippen LogP) is 4.49. The molecule has 2 heterocycles. The summed E-state index contributed by atoms with van der Waals surface area (Å²) in [6.07, 6.45) is -0.0419. The first-order chi connectivity index (χ1) is 21.2. The van der Waals surface area contributed by atoms with Crippen molar-refractivity contribution in [3.8, 4) is 5.75 Å². The van der Waals surface area contributed by atoms with Gasteiger partial charge in [0.1, 0.15) is 17.4 Å². The van der Waals surface area contributed by atoms with E-state index in [0.717, 1.165) is 39.3 Å². The van der Waals surface area contributed by atoms with E-state index in [4.69, 9.17) is 9.72 Å². The number of aromatic nitrogens is 4. The van der Waals surface area contributed by atoms with Crippen LogP contribution in [0, 0.1) is 0 Å². The molecule has 0 radical (unpaired) electrons. The van der Waals surface area contributed by atoms with Crippen LogP contribution < -0.4 is 14.8 Å². The first kappa shape index (κ1) is 28.6. The topological polar surface area (TPSA) is 148 Å². The maximum Gasteiger partial charge on any atom is 0.426 e. The molecule has 0 unspecified atom stereocenters. The number of ether oxygens (including phenoxy) is 1. The van der Waals surface area contributed by atoms with Gasteiger partial charge in [-0.25, -0.2) is 27.9 Å². The highest BCUT2D eigenvalue weighted by molar-refractivity contribution is 7.90. The quantitative estimate of drug-likeness (QED) is 0.219. The Hall–Kier alpha value is -5.49. The SMILES string of the molecule is Cn1c(Cc2nc3ccccc3[nH]2)nc2ccc(C(=O)NCCc3ccc(OC(=O)NS(=O)(=O)c4ccccc4)cc3)cc21. The minimum absolute atomic E-state index is 0.0433. The van der Waals surface area contributed by atoms with Gasteiger partial charge < -0.3 is 19.6 Å². The number of H-pyrrole nitrogens is 1. The van der Waals surface area contributed by atoms with Crippen molar-refractivity contribution in [1.29, 1.82) is 0 Å². The molecule has 12 heteroatoms. The maximum absolute atomic E-state index is 12.9. The third kappa shape index (κ3) is 6.30. The minimum atomic E-state index is -4.04. The highest BCUT2D eigenvalue weighted by atomic mass is 32.2. The van der Waals surface area contributed by atoms with Crippen LogP contribution in [0.4, 0.5) is 4.79 Å². The van der Waals surface area contributed by atoms with E-state index in [-0.39, 0.29) is 16.6 Å². The van der Waals surface area contributed by atoms with Crippen LogP contribution in [-0.4, -0.2) is 46.5 Å². The summed E-state index contributed by atoms with van der Waals surface area (Å²) in [5.41, 5.74) is 4.94. The fourth-order valence-electron chi connectivity index (χ4n) is 4.82. The fraction of sp³-hybridized carbons (Fsp3) is 0.125. The van der Waals surface area contributed by atoms with E-state index in [1.807, 2.05) is 52.7 Å². The van der Waals surface area contributed by atoms with Crippen LogP contribution >= 0.6 is 0 Å². The van der Waals surface area contributed by atoms with Crippen molar-refractivity contribution in [2.24, 2.45) is 7.05 Å². The van der Waals surface area contributed by atoms with E-state index in [2.05, 4.69) is 15.3 Å². The van der Waals surface area contributed by atoms with Crippen LogP contribution in [0.3, 0.4) is 0 Å². The number of nitrogens with one attached hydrogen (secondary N) is 3. The molecule has 6 aromatic rings. The molecule has 6 rings (SSSR count). The van der Waals surface area contributed by atoms with Crippen molar-refractivity contribution >= 4 is 44.1 Å². The molecule has 0 spiro atoms. The number of rotatable bonds is 9. The highest BCUT2D eigenvalue weighted by Crippen LogP contribution is 2.20. The lowest BCUT2D eigenvalue weighted by Gasteiger charge is -2.09. The Bertz CT molecular complexity index is 2050. The number of nitrogens with zero attached hydrogens (tertiary/aromatic N) is 3. The summed E-state index contributed by atoms with van der Waals surface area (Å²) >= 11 is 0. The van der Waals surface area contributed by atoms with Crippen LogP contribution in [-0.2, 0) is 29.9 Å². The third-order valence-electron chi connectivity index (χ3n) is 7.10. The summed E-state index contributed by atoms with van der Waals surface area (Å²) in [5.74, 6) is 1.63. The van der Waals surface area contributed by atoms with Gasteiger partial charge in [0.2, 0.25) is 0 Å². The maximum atomic E-state index is 12.9. The van der Waals surface area contributed by atoms with Gasteiger partial charge in [-0.2, -0.15) is 0 Å². The number of amides is 2. The lowest BCUT2D eigenvalue weighted by Crippen LogP contribution is -2.33. The van der Waals surface area contributed by atoms with Gasteiger partial charge in [0, 0.05) is 19.2 Å². The highest BCUT2D eigenvalue weighted by Gasteiger charge is 2.19. The molecule has 0 fully saturated rings. The van der Waals surface area contributed by atoms with E-state index in [1.165, 1.54) is 12.1 Å². The fourth-order valence-corrected chi connectivity index (χ4v) is 5.72. The zero-order valence-corrected chi connectivity index (χ0v) is 24.5. The molecule has 0 aliphatic carbocycles. The van der Waals surface area contributed by atoms with Gasteiger partial charge in [-0.15, -0.1) is 0 Å². The first-order valence-corrected chi connectivity index (χ1v) is 15.3. The van der Waals surface area contributed by atoms with Gasteiger partial charge in [0.05, 0.1) is 33.4 Å². The summed E-state index contributed by atoms with van der Waals surface area (Å²) in [4.78, 5) is 37.7. The molecule has 2 amide bonds. The second-order valence-corrected chi connectivity index (χ2v) is 11.8. The van der Waals surface area contributed by atoms with E-state index >= 15 is 0 Å². The number of hydrogen-bond donors (Lipinski definition) is 3. The summed E-state index contributed by atoms with van der Waals surface area (Å²) in [7, 11) is -2.11. The van der Waals surface area contributed by atoms with Crippen molar-refractivity contribution in [3.63, 3.8) is 0 Å². The zero-order chi connectivity index (χ0) is 30.7. The van der Waals surface area contributed by atoms with Gasteiger partial charge >= 0.3 is 6.09 Å². The Kier molecular flexibility index (Phi) is 7.82. The van der Waals surface area contributed by atoms with Crippen LogP contribution in [0.2, 0.25) is 0 Å². The van der Waals surface area contributed by atoms with Crippen molar-refractivity contribution in [2.45, 2.75) is 17.7 Å². The number of imidazole rings is 2. The van der Waals surface area contributed by atoms with Gasteiger partial charge in [-0.05, 0) is 66.6 Å². The Balaban J connectivity index is 1.02. The molecule has 222 valence electrons. The van der Waals surface area contributed by atoms with E-state index in [0.29, 0.717) is 24.9 Å². The Labute approximate surface area is 253 Å². The second-order valence-electron chi connectivity index (χ2n) is 10.1. The number of aromatic amines is 1. The van der Waals surface area contributed by atoms with Crippen LogP contribution in [0.5, 0.6) is 5.75 Å². The molecule has 44 heavy (non-hydrogen) atoms. The van der Waals surface area contributed by atoms with E-state index in [9.17, 15) is 18.0 Å². The normalized spacial score (nSPS) is 11.5. The number of fused-ring (bicyclic) bond motifs is 2. The number of para-hydroxylation sites is 2. The standard InChI is InChI=1S/C32H28N6O5S/c1-38-28-19-22(13-16-27(28)36-30(38)20-29-34-25-9-5-6-10-26(25)35-29)31(39)33-18-17-21-11-14-23(15-12-21)43-32(40)37-44(41,42)24-7-3-2-4-8-24/h2-16,19H,17-18,20H2,1H3,(H,33,39)(H,34,35)(H,37,40). The number of sulfonamides is 1. The number of carbonyl (C=O) groups excluding carboxylic acids is 2. The molecule has 4 aromatic carbocycles. The third-order valence-corrected chi connectivity index (χ3v) is 8.43. The molecular formula is C32H28N6O5S. The molecule has 0 bridgehead atoms. The molecule has 0 atom stereocenters. The molecule has 0 saturated heterocycles. The average molecular weight is 609 g/mol. The van der Waals surface area contributed by atoms with Crippen LogP contribution in [0.15, 0.2) is 102 Å². The van der Waals surface area contributed by atoms with Gasteiger partial charge in [0.25, 0.3) is 15.9 Å². The molecule has 2 aromatic heterocycles. The predicted molar refractivity (Wildman–Crippen MR) is 165 cm³/mol. The molecule has 0 saturated carbocycles. The van der Waals surface area contributed by atoms with E-state index < -0.39 is 16.1 Å². The summed E-state index contributed by atoms with van der Waals surface area (Å²) < 4.78 is 33.5. The lowest BCUT2D eigenvalue weighted by atomic mass is 10.1. The van der Waals surface area contributed by atoms with Crippen LogP contribution in [0.1, 0.15) is 27.6 Å². The van der Waals surface area contributed by atoms with Crippen molar-refractivity contribution in [1.82, 2.24) is 29.6 Å². The zero-order valence-electron chi connectivity index (χ0n) is 23.7. The summed E-state index contributed by atoms with van der Waals surface area (Å²) in [5, 5.41) is 2.94. The Morgan fingerprint density at radius 2 is 1.64 bits per heavy atom. The monoisotopic (exact) mass is 608 g/mol. The van der Waals surface area contributed by atoms with Crippen molar-refractivity contribution in [3.05, 3.63) is 120 Å². The largest absolute Gasteiger partial charge is 0.426 e.